The Kier molecular flexibility index (Phi) is 5.52. The van der Waals surface area contributed by atoms with Crippen LogP contribution in [0.15, 0.2) is 42.9 Å². The molecule has 4 aromatic rings. The Balaban J connectivity index is 1.36. The van der Waals surface area contributed by atoms with Gasteiger partial charge in [-0.05, 0) is 31.0 Å². The summed E-state index contributed by atoms with van der Waals surface area (Å²) in [4.78, 5) is 8.92. The van der Waals surface area contributed by atoms with Crippen molar-refractivity contribution in [2.45, 2.75) is 37.8 Å². The van der Waals surface area contributed by atoms with Gasteiger partial charge in [0.25, 0.3) is 0 Å². The summed E-state index contributed by atoms with van der Waals surface area (Å²) >= 11 is 7.84. The fourth-order valence-corrected chi connectivity index (χ4v) is 5.02. The number of nitrogens with one attached hydrogen (secondary N) is 1. The van der Waals surface area contributed by atoms with Gasteiger partial charge in [-0.2, -0.15) is 5.10 Å². The van der Waals surface area contributed by atoms with E-state index in [1.54, 1.807) is 28.4 Å². The monoisotopic (exact) mass is 455 g/mol. The van der Waals surface area contributed by atoms with Gasteiger partial charge in [-0.15, -0.1) is 0 Å². The Bertz CT molecular complexity index is 1220. The molecule has 0 bridgehead atoms. The van der Waals surface area contributed by atoms with Crippen LogP contribution >= 0.6 is 22.9 Å². The Labute approximate surface area is 188 Å². The number of aromatic nitrogens is 4. The molecule has 0 unspecified atom stereocenters. The number of aliphatic hydroxyl groups is 1. The molecule has 1 aromatic carbocycles. The molecule has 2 N–H and O–H groups in total. The Morgan fingerprint density at radius 3 is 2.87 bits per heavy atom. The first-order valence-electron chi connectivity index (χ1n) is 10.2. The van der Waals surface area contributed by atoms with Gasteiger partial charge < -0.3 is 15.2 Å². The zero-order valence-corrected chi connectivity index (χ0v) is 18.5. The molecule has 3 aromatic heterocycles. The highest BCUT2D eigenvalue weighted by Crippen LogP contribution is 2.35. The van der Waals surface area contributed by atoms with E-state index in [1.165, 1.54) is 0 Å². The van der Waals surface area contributed by atoms with E-state index in [0.717, 1.165) is 52.2 Å². The number of pyridine rings is 1. The minimum Gasteiger partial charge on any atom is -0.456 e. The van der Waals surface area contributed by atoms with Crippen molar-refractivity contribution in [2.24, 2.45) is 7.05 Å². The van der Waals surface area contributed by atoms with Gasteiger partial charge >= 0.3 is 0 Å². The highest BCUT2D eigenvalue weighted by Gasteiger charge is 2.23. The molecule has 0 amide bonds. The maximum Gasteiger partial charge on any atom is 0.184 e. The highest BCUT2D eigenvalue weighted by molar-refractivity contribution is 7.22. The minimum absolute atomic E-state index is 0.0658. The van der Waals surface area contributed by atoms with E-state index in [1.807, 2.05) is 37.5 Å². The van der Waals surface area contributed by atoms with Crippen LogP contribution < -0.4 is 10.1 Å². The van der Waals surface area contributed by atoms with Crippen LogP contribution in [-0.2, 0) is 7.05 Å². The Hall–Kier alpha value is -2.68. The van der Waals surface area contributed by atoms with Crippen LogP contribution in [0, 0.1) is 0 Å². The predicted molar refractivity (Wildman–Crippen MR) is 123 cm³/mol. The maximum absolute atomic E-state index is 10.2. The molecule has 0 spiro atoms. The standard InChI is InChI=1S/C22H22ClN5O2S/c1-28-12-13(10-25-28)16-8-15(11-24-21(16)23)30-14-6-7-18-20(9-14)31-22(27-18)26-17-4-2-3-5-19(17)29/h6-12,17,19,29H,2-5H2,1H3,(H,26,27)/t17-,19-/m1/s1. The first-order valence-corrected chi connectivity index (χ1v) is 11.4. The number of hydrogen-bond donors (Lipinski definition) is 2. The third-order valence-corrected chi connectivity index (χ3v) is 6.71. The lowest BCUT2D eigenvalue weighted by molar-refractivity contribution is 0.116. The molecule has 0 saturated heterocycles. The fourth-order valence-electron chi connectivity index (χ4n) is 3.85. The van der Waals surface area contributed by atoms with E-state index in [2.05, 4.69) is 20.4 Å². The zero-order chi connectivity index (χ0) is 21.4. The van der Waals surface area contributed by atoms with Crippen molar-refractivity contribution in [3.8, 4) is 22.6 Å². The lowest BCUT2D eigenvalue weighted by Gasteiger charge is -2.27. The van der Waals surface area contributed by atoms with Gasteiger partial charge in [-0.25, -0.2) is 9.97 Å². The number of thiazole rings is 1. The molecule has 1 aliphatic carbocycles. The predicted octanol–water partition coefficient (Wildman–Crippen LogP) is 5.25. The average Bonchev–Trinajstić information content (AvgIpc) is 3.36. The second-order valence-electron chi connectivity index (χ2n) is 7.77. The highest BCUT2D eigenvalue weighted by atomic mass is 35.5. The summed E-state index contributed by atoms with van der Waals surface area (Å²) in [6, 6.07) is 7.72. The third kappa shape index (κ3) is 4.37. The minimum atomic E-state index is -0.314. The number of aliphatic hydroxyl groups excluding tert-OH is 1. The average molecular weight is 456 g/mol. The molecule has 3 heterocycles. The van der Waals surface area contributed by atoms with Crippen LogP contribution in [0.1, 0.15) is 25.7 Å². The van der Waals surface area contributed by atoms with Gasteiger partial charge in [0.1, 0.15) is 16.7 Å². The largest absolute Gasteiger partial charge is 0.456 e. The van der Waals surface area contributed by atoms with E-state index in [4.69, 9.17) is 16.3 Å². The molecular formula is C22H22ClN5O2S. The number of ether oxygens (including phenoxy) is 1. The van der Waals surface area contributed by atoms with Gasteiger partial charge in [0.05, 0.1) is 34.8 Å². The van der Waals surface area contributed by atoms with Gasteiger partial charge in [0.2, 0.25) is 0 Å². The topological polar surface area (TPSA) is 85.1 Å². The van der Waals surface area contributed by atoms with Crippen LogP contribution in [0.5, 0.6) is 11.5 Å². The molecule has 31 heavy (non-hydrogen) atoms. The number of rotatable bonds is 5. The first kappa shape index (κ1) is 20.2. The third-order valence-electron chi connectivity index (χ3n) is 5.46. The second-order valence-corrected chi connectivity index (χ2v) is 9.15. The molecule has 0 radical (unpaired) electrons. The smallest absolute Gasteiger partial charge is 0.184 e. The van der Waals surface area contributed by atoms with Crippen molar-refractivity contribution in [1.82, 2.24) is 19.7 Å². The molecular weight excluding hydrogens is 434 g/mol. The number of halogens is 1. The quantitative estimate of drug-likeness (QED) is 0.399. The van der Waals surface area contributed by atoms with Crippen LogP contribution in [0.3, 0.4) is 0 Å². The van der Waals surface area contributed by atoms with Gasteiger partial charge in [-0.3, -0.25) is 4.68 Å². The van der Waals surface area contributed by atoms with E-state index >= 15 is 0 Å². The van der Waals surface area contributed by atoms with Crippen LogP contribution in [0.2, 0.25) is 5.15 Å². The molecule has 0 aliphatic heterocycles. The SMILES string of the molecule is Cn1cc(-c2cc(Oc3ccc4nc(N[C@@H]5CCCC[C@H]5O)sc4c3)cnc2Cl)cn1. The van der Waals surface area contributed by atoms with Crippen LogP contribution in [0.25, 0.3) is 21.3 Å². The van der Waals surface area contributed by atoms with E-state index in [0.29, 0.717) is 16.7 Å². The summed E-state index contributed by atoms with van der Waals surface area (Å²) in [6.07, 6.45) is 8.95. The second kappa shape index (κ2) is 8.45. The number of fused-ring (bicyclic) bond motifs is 1. The summed E-state index contributed by atoms with van der Waals surface area (Å²) in [5, 5.41) is 19.0. The normalized spacial score (nSPS) is 18.9. The van der Waals surface area contributed by atoms with E-state index in [-0.39, 0.29) is 12.1 Å². The van der Waals surface area contributed by atoms with E-state index < -0.39 is 0 Å². The van der Waals surface area contributed by atoms with Gasteiger partial charge in [0, 0.05) is 30.4 Å². The Morgan fingerprint density at radius 2 is 2.06 bits per heavy atom. The van der Waals surface area contributed by atoms with Crippen molar-refractivity contribution >= 4 is 38.3 Å². The van der Waals surface area contributed by atoms with E-state index in [9.17, 15) is 5.11 Å². The summed E-state index contributed by atoms with van der Waals surface area (Å²) in [5.74, 6) is 1.29. The molecule has 1 aliphatic rings. The summed E-state index contributed by atoms with van der Waals surface area (Å²) in [6.45, 7) is 0. The zero-order valence-electron chi connectivity index (χ0n) is 17.0. The van der Waals surface area contributed by atoms with Crippen molar-refractivity contribution in [3.63, 3.8) is 0 Å². The number of nitrogens with zero attached hydrogens (tertiary/aromatic N) is 4. The number of hydrogen-bond acceptors (Lipinski definition) is 7. The molecule has 1 saturated carbocycles. The molecule has 5 rings (SSSR count). The summed E-state index contributed by atoms with van der Waals surface area (Å²) in [5.41, 5.74) is 2.54. The van der Waals surface area contributed by atoms with Crippen LogP contribution in [-0.4, -0.2) is 37.0 Å². The lowest BCUT2D eigenvalue weighted by Crippen LogP contribution is -2.36. The van der Waals surface area contributed by atoms with Crippen LogP contribution in [0.4, 0.5) is 5.13 Å². The lowest BCUT2D eigenvalue weighted by atomic mass is 9.93. The first-order chi connectivity index (χ1) is 15.0. The summed E-state index contributed by atoms with van der Waals surface area (Å²) < 4.78 is 8.79. The van der Waals surface area contributed by atoms with Crippen molar-refractivity contribution < 1.29 is 9.84 Å². The summed E-state index contributed by atoms with van der Waals surface area (Å²) in [7, 11) is 1.85. The molecule has 160 valence electrons. The fraction of sp³-hybridized carbons (Fsp3) is 0.318. The van der Waals surface area contributed by atoms with Gasteiger partial charge in [-0.1, -0.05) is 35.8 Å². The maximum atomic E-state index is 10.2. The molecule has 2 atom stereocenters. The van der Waals surface area contributed by atoms with Crippen molar-refractivity contribution in [2.75, 3.05) is 5.32 Å². The molecule has 9 heteroatoms. The van der Waals surface area contributed by atoms with Crippen molar-refractivity contribution in [1.29, 1.82) is 0 Å². The number of benzene rings is 1. The van der Waals surface area contributed by atoms with Crippen molar-refractivity contribution in [3.05, 3.63) is 48.0 Å². The Morgan fingerprint density at radius 1 is 1.19 bits per heavy atom. The molecule has 1 fully saturated rings. The molecule has 7 nitrogen and oxygen atoms in total. The number of aryl methyl sites for hydroxylation is 1. The number of anilines is 1. The van der Waals surface area contributed by atoms with Gasteiger partial charge in [0.15, 0.2) is 5.13 Å².